The van der Waals surface area contributed by atoms with Crippen LogP contribution in [0.15, 0.2) is 0 Å². The Labute approximate surface area is 137 Å². The summed E-state index contributed by atoms with van der Waals surface area (Å²) in [5.74, 6) is -0.172. The molecule has 0 bridgehead atoms. The van der Waals surface area contributed by atoms with Crippen molar-refractivity contribution < 1.29 is 14.3 Å². The predicted octanol–water partition coefficient (Wildman–Crippen LogP) is 2.08. The molecule has 1 aromatic rings. The Hall–Kier alpha value is -2.05. The molecule has 0 saturated carbocycles. The molecule has 2 amide bonds. The second-order valence-corrected chi connectivity index (χ2v) is 6.76. The van der Waals surface area contributed by atoms with E-state index in [0.29, 0.717) is 31.9 Å². The molecule has 0 radical (unpaired) electrons. The minimum absolute atomic E-state index is 0.172. The van der Waals surface area contributed by atoms with Crippen LogP contribution in [-0.4, -0.2) is 45.4 Å². The summed E-state index contributed by atoms with van der Waals surface area (Å²) in [6.07, 6.45) is 0.452. The van der Waals surface area contributed by atoms with E-state index in [9.17, 15) is 9.59 Å². The van der Waals surface area contributed by atoms with Crippen LogP contribution in [0.5, 0.6) is 0 Å². The van der Waals surface area contributed by atoms with E-state index in [2.05, 4.69) is 10.4 Å². The molecule has 0 fully saturated rings. The molecule has 1 aliphatic rings. The Bertz CT molecular complexity index is 601. The smallest absolute Gasteiger partial charge is 0.410 e. The van der Waals surface area contributed by atoms with Crippen molar-refractivity contribution in [1.82, 2.24) is 20.0 Å². The van der Waals surface area contributed by atoms with Gasteiger partial charge in [0.15, 0.2) is 5.69 Å². The van der Waals surface area contributed by atoms with Crippen LogP contribution in [0.4, 0.5) is 4.79 Å². The van der Waals surface area contributed by atoms with Gasteiger partial charge in [-0.3, -0.25) is 9.48 Å². The number of amides is 2. The van der Waals surface area contributed by atoms with Crippen LogP contribution in [0.25, 0.3) is 0 Å². The summed E-state index contributed by atoms with van der Waals surface area (Å²) in [4.78, 5) is 26.1. The lowest BCUT2D eigenvalue weighted by atomic mass is 10.2. The molecule has 1 aromatic heterocycles. The van der Waals surface area contributed by atoms with E-state index in [1.165, 1.54) is 0 Å². The molecule has 0 aromatic carbocycles. The zero-order valence-corrected chi connectivity index (χ0v) is 14.6. The number of hydrogen-bond acceptors (Lipinski definition) is 4. The SMILES string of the molecule is CCNC(=O)c1nn2c(c1C)CN(C(=O)OC(C)(C)C)CCC2. The van der Waals surface area contributed by atoms with Gasteiger partial charge in [0, 0.05) is 25.2 Å². The van der Waals surface area contributed by atoms with Gasteiger partial charge >= 0.3 is 6.09 Å². The zero-order valence-electron chi connectivity index (χ0n) is 14.6. The fourth-order valence-corrected chi connectivity index (χ4v) is 2.58. The molecule has 0 aliphatic carbocycles. The van der Waals surface area contributed by atoms with Crippen LogP contribution in [0.3, 0.4) is 0 Å². The average molecular weight is 322 g/mol. The number of hydrogen-bond donors (Lipinski definition) is 1. The molecule has 128 valence electrons. The van der Waals surface area contributed by atoms with E-state index in [0.717, 1.165) is 17.7 Å². The summed E-state index contributed by atoms with van der Waals surface area (Å²) >= 11 is 0. The van der Waals surface area contributed by atoms with Gasteiger partial charge in [-0.05, 0) is 41.0 Å². The number of rotatable bonds is 2. The molecule has 7 nitrogen and oxygen atoms in total. The van der Waals surface area contributed by atoms with Gasteiger partial charge < -0.3 is 15.0 Å². The topological polar surface area (TPSA) is 76.5 Å². The molecule has 1 aliphatic heterocycles. The number of carbonyl (C=O) groups excluding carboxylic acids is 2. The number of carbonyl (C=O) groups is 2. The van der Waals surface area contributed by atoms with E-state index in [4.69, 9.17) is 4.74 Å². The maximum atomic E-state index is 12.3. The minimum atomic E-state index is -0.523. The number of nitrogens with one attached hydrogen (secondary N) is 1. The largest absolute Gasteiger partial charge is 0.444 e. The van der Waals surface area contributed by atoms with E-state index in [1.54, 1.807) is 4.90 Å². The van der Waals surface area contributed by atoms with Crippen LogP contribution in [0.1, 0.15) is 55.9 Å². The zero-order chi connectivity index (χ0) is 17.2. The van der Waals surface area contributed by atoms with Gasteiger partial charge in [-0.15, -0.1) is 0 Å². The fourth-order valence-electron chi connectivity index (χ4n) is 2.58. The summed E-state index contributed by atoms with van der Waals surface area (Å²) < 4.78 is 7.30. The number of aryl methyl sites for hydroxylation is 1. The van der Waals surface area contributed by atoms with Gasteiger partial charge in [0.1, 0.15) is 5.60 Å². The quantitative estimate of drug-likeness (QED) is 0.904. The van der Waals surface area contributed by atoms with Crippen LogP contribution >= 0.6 is 0 Å². The molecule has 7 heteroatoms. The first-order valence-electron chi connectivity index (χ1n) is 8.05. The Kier molecular flexibility index (Phi) is 4.97. The Morgan fingerprint density at radius 2 is 2.00 bits per heavy atom. The van der Waals surface area contributed by atoms with Crippen LogP contribution in [0.2, 0.25) is 0 Å². The van der Waals surface area contributed by atoms with Crippen molar-refractivity contribution >= 4 is 12.0 Å². The Balaban J connectivity index is 2.22. The third-order valence-corrected chi connectivity index (χ3v) is 3.66. The summed E-state index contributed by atoms with van der Waals surface area (Å²) in [5.41, 5.74) is 1.64. The van der Waals surface area contributed by atoms with Crippen molar-refractivity contribution in [3.05, 3.63) is 17.0 Å². The Morgan fingerprint density at radius 1 is 1.30 bits per heavy atom. The molecule has 0 atom stereocenters. The van der Waals surface area contributed by atoms with Gasteiger partial charge in [0.2, 0.25) is 0 Å². The molecular weight excluding hydrogens is 296 g/mol. The van der Waals surface area contributed by atoms with Crippen LogP contribution in [0, 0.1) is 6.92 Å². The monoisotopic (exact) mass is 322 g/mol. The highest BCUT2D eigenvalue weighted by Crippen LogP contribution is 2.21. The van der Waals surface area contributed by atoms with Crippen molar-refractivity contribution in [2.75, 3.05) is 13.1 Å². The number of aromatic nitrogens is 2. The van der Waals surface area contributed by atoms with E-state index < -0.39 is 5.60 Å². The average Bonchev–Trinajstić information content (AvgIpc) is 2.62. The van der Waals surface area contributed by atoms with E-state index in [1.807, 2.05) is 39.3 Å². The standard InChI is InChI=1S/C16H26N4O3/c1-6-17-14(21)13-11(2)12-10-19(8-7-9-20(12)18-13)15(22)23-16(3,4)5/h6-10H2,1-5H3,(H,17,21). The van der Waals surface area contributed by atoms with E-state index in [-0.39, 0.29) is 12.0 Å². The first-order chi connectivity index (χ1) is 10.7. The maximum absolute atomic E-state index is 12.3. The Morgan fingerprint density at radius 3 is 2.61 bits per heavy atom. The predicted molar refractivity (Wildman–Crippen MR) is 86.2 cm³/mol. The highest BCUT2D eigenvalue weighted by atomic mass is 16.6. The van der Waals surface area contributed by atoms with Crippen LogP contribution < -0.4 is 5.32 Å². The van der Waals surface area contributed by atoms with Gasteiger partial charge in [-0.2, -0.15) is 5.10 Å². The second-order valence-electron chi connectivity index (χ2n) is 6.76. The first-order valence-corrected chi connectivity index (χ1v) is 8.05. The van der Waals surface area contributed by atoms with Crippen molar-refractivity contribution in [3.8, 4) is 0 Å². The highest BCUT2D eigenvalue weighted by molar-refractivity contribution is 5.93. The number of fused-ring (bicyclic) bond motifs is 1. The molecule has 2 heterocycles. The van der Waals surface area contributed by atoms with Crippen LogP contribution in [-0.2, 0) is 17.8 Å². The lowest BCUT2D eigenvalue weighted by Gasteiger charge is -2.26. The molecule has 0 unspecified atom stereocenters. The molecule has 1 N–H and O–H groups in total. The molecule has 0 saturated heterocycles. The van der Waals surface area contributed by atoms with Crippen molar-refractivity contribution in [2.45, 2.75) is 59.7 Å². The lowest BCUT2D eigenvalue weighted by molar-refractivity contribution is 0.0236. The lowest BCUT2D eigenvalue weighted by Crippen LogP contribution is -2.36. The van der Waals surface area contributed by atoms with Gasteiger partial charge in [-0.1, -0.05) is 0 Å². The highest BCUT2D eigenvalue weighted by Gasteiger charge is 2.28. The minimum Gasteiger partial charge on any atom is -0.444 e. The summed E-state index contributed by atoms with van der Waals surface area (Å²) in [7, 11) is 0. The van der Waals surface area contributed by atoms with Gasteiger partial charge in [-0.25, -0.2) is 4.79 Å². The molecular formula is C16H26N4O3. The molecule has 2 rings (SSSR count). The van der Waals surface area contributed by atoms with E-state index >= 15 is 0 Å². The molecule has 0 spiro atoms. The van der Waals surface area contributed by atoms with Crippen molar-refractivity contribution in [2.24, 2.45) is 0 Å². The van der Waals surface area contributed by atoms with Crippen molar-refractivity contribution in [3.63, 3.8) is 0 Å². The third kappa shape index (κ3) is 4.03. The first kappa shape index (κ1) is 17.3. The molecule has 23 heavy (non-hydrogen) atoms. The van der Waals surface area contributed by atoms with Gasteiger partial charge in [0.05, 0.1) is 12.2 Å². The second kappa shape index (κ2) is 6.60. The summed E-state index contributed by atoms with van der Waals surface area (Å²) in [6.45, 7) is 11.6. The van der Waals surface area contributed by atoms with Gasteiger partial charge in [0.25, 0.3) is 5.91 Å². The summed E-state index contributed by atoms with van der Waals surface area (Å²) in [5, 5.41) is 7.20. The maximum Gasteiger partial charge on any atom is 0.410 e. The van der Waals surface area contributed by atoms with Crippen molar-refractivity contribution in [1.29, 1.82) is 0 Å². The number of ether oxygens (including phenoxy) is 1. The normalized spacial score (nSPS) is 14.9. The third-order valence-electron chi connectivity index (χ3n) is 3.66. The number of nitrogens with zero attached hydrogens (tertiary/aromatic N) is 3. The summed E-state index contributed by atoms with van der Waals surface area (Å²) in [6, 6.07) is 0. The fraction of sp³-hybridized carbons (Fsp3) is 0.688.